The van der Waals surface area contributed by atoms with Crippen LogP contribution in [0.2, 0.25) is 10.0 Å². The molecule has 2 heterocycles. The highest BCUT2D eigenvalue weighted by Gasteiger charge is 2.42. The van der Waals surface area contributed by atoms with Gasteiger partial charge in [-0.3, -0.25) is 15.0 Å². The van der Waals surface area contributed by atoms with Crippen molar-refractivity contribution >= 4 is 40.5 Å². The summed E-state index contributed by atoms with van der Waals surface area (Å²) < 4.78 is 0. The molecule has 2 aliphatic heterocycles. The van der Waals surface area contributed by atoms with Crippen LogP contribution >= 0.6 is 23.2 Å². The lowest BCUT2D eigenvalue weighted by Crippen LogP contribution is -2.48. The van der Waals surface area contributed by atoms with Crippen molar-refractivity contribution in [3.05, 3.63) is 64.1 Å². The lowest BCUT2D eigenvalue weighted by Gasteiger charge is -2.29. The van der Waals surface area contributed by atoms with Crippen molar-refractivity contribution in [2.45, 2.75) is 38.6 Å². The van der Waals surface area contributed by atoms with Gasteiger partial charge in [0.1, 0.15) is 5.71 Å². The molecular formula is C23H26Cl2N4O2. The molecule has 31 heavy (non-hydrogen) atoms. The average molecular weight is 461 g/mol. The summed E-state index contributed by atoms with van der Waals surface area (Å²) in [5, 5.41) is 20.8. The molecule has 1 amide bonds. The number of hydrogen-bond acceptors (Lipinski definition) is 5. The SMILES string of the molecule is C[C@H]1C(C(=O)N(O)N2CCCCCC2)=NN(c2ccccc2Cl)[C@H]1c1ccc(Cl)cc1. The molecule has 2 aromatic carbocycles. The number of benzene rings is 2. The van der Waals surface area contributed by atoms with Gasteiger partial charge in [-0.05, 0) is 42.7 Å². The predicted octanol–water partition coefficient (Wildman–Crippen LogP) is 5.56. The third kappa shape index (κ3) is 4.58. The van der Waals surface area contributed by atoms with Crippen molar-refractivity contribution in [1.29, 1.82) is 0 Å². The third-order valence-corrected chi connectivity index (χ3v) is 6.52. The van der Waals surface area contributed by atoms with Crippen LogP contribution in [-0.4, -0.2) is 40.1 Å². The first kappa shape index (κ1) is 22.1. The minimum atomic E-state index is -0.497. The molecule has 8 heteroatoms. The summed E-state index contributed by atoms with van der Waals surface area (Å²) in [5.74, 6) is -0.769. The molecule has 0 spiro atoms. The Bertz CT molecular complexity index is 958. The highest BCUT2D eigenvalue weighted by atomic mass is 35.5. The number of carbonyl (C=O) groups excluding carboxylic acids is 1. The van der Waals surface area contributed by atoms with E-state index in [1.54, 1.807) is 16.1 Å². The summed E-state index contributed by atoms with van der Waals surface area (Å²) in [6.07, 6.45) is 4.11. The van der Waals surface area contributed by atoms with Crippen LogP contribution in [0.4, 0.5) is 5.69 Å². The zero-order chi connectivity index (χ0) is 22.0. The van der Waals surface area contributed by atoms with Crippen LogP contribution in [-0.2, 0) is 4.79 Å². The van der Waals surface area contributed by atoms with Gasteiger partial charge in [0.05, 0.1) is 16.8 Å². The molecule has 2 aliphatic rings. The van der Waals surface area contributed by atoms with E-state index in [1.165, 1.54) is 0 Å². The van der Waals surface area contributed by atoms with Crippen molar-refractivity contribution in [2.75, 3.05) is 18.1 Å². The van der Waals surface area contributed by atoms with E-state index in [0.29, 0.717) is 34.5 Å². The van der Waals surface area contributed by atoms with Crippen LogP contribution in [0.1, 0.15) is 44.2 Å². The molecule has 2 aromatic rings. The van der Waals surface area contributed by atoms with Gasteiger partial charge in [-0.25, -0.2) is 0 Å². The van der Waals surface area contributed by atoms with Crippen molar-refractivity contribution in [2.24, 2.45) is 11.0 Å². The van der Waals surface area contributed by atoms with Gasteiger partial charge in [-0.15, -0.1) is 5.17 Å². The van der Waals surface area contributed by atoms with Crippen LogP contribution in [0.3, 0.4) is 0 Å². The molecule has 0 aromatic heterocycles. The number of hydrazone groups is 1. The Labute approximate surface area is 192 Å². The fourth-order valence-corrected chi connectivity index (χ4v) is 4.62. The molecular weight excluding hydrogens is 435 g/mol. The van der Waals surface area contributed by atoms with Crippen molar-refractivity contribution < 1.29 is 10.0 Å². The van der Waals surface area contributed by atoms with Crippen molar-refractivity contribution in [3.8, 4) is 0 Å². The highest BCUT2D eigenvalue weighted by molar-refractivity contribution is 6.40. The molecule has 6 nitrogen and oxygen atoms in total. The smallest absolute Gasteiger partial charge is 0.270 e. The number of rotatable bonds is 4. The molecule has 0 bridgehead atoms. The van der Waals surface area contributed by atoms with Gasteiger partial charge < -0.3 is 0 Å². The van der Waals surface area contributed by atoms with Crippen LogP contribution in [0, 0.1) is 5.92 Å². The molecule has 4 rings (SSSR count). The largest absolute Gasteiger partial charge is 0.309 e. The van der Waals surface area contributed by atoms with Gasteiger partial charge in [0, 0.05) is 24.0 Å². The fraction of sp³-hybridized carbons (Fsp3) is 0.391. The number of hydroxylamine groups is 1. The Kier molecular flexibility index (Phi) is 6.82. The summed E-state index contributed by atoms with van der Waals surface area (Å²) in [7, 11) is 0. The quantitative estimate of drug-likeness (QED) is 0.479. The van der Waals surface area contributed by atoms with Crippen LogP contribution in [0.5, 0.6) is 0 Å². The first-order valence-corrected chi connectivity index (χ1v) is 11.4. The Morgan fingerprint density at radius 2 is 1.68 bits per heavy atom. The molecule has 1 N–H and O–H groups in total. The van der Waals surface area contributed by atoms with Crippen molar-refractivity contribution in [1.82, 2.24) is 10.2 Å². The van der Waals surface area contributed by atoms with Crippen molar-refractivity contribution in [3.63, 3.8) is 0 Å². The Morgan fingerprint density at radius 1 is 1.03 bits per heavy atom. The molecule has 0 radical (unpaired) electrons. The monoisotopic (exact) mass is 460 g/mol. The minimum Gasteiger partial charge on any atom is -0.270 e. The van der Waals surface area contributed by atoms with E-state index in [9.17, 15) is 10.0 Å². The van der Waals surface area contributed by atoms with E-state index in [4.69, 9.17) is 23.2 Å². The predicted molar refractivity (Wildman–Crippen MR) is 123 cm³/mol. The molecule has 0 saturated carbocycles. The Balaban J connectivity index is 1.69. The standard InChI is InChI=1S/C23H26Cl2N4O2/c1-16-21(23(30)29(31)27-14-6-2-3-7-15-27)26-28(20-9-5-4-8-19(20)25)22(16)17-10-12-18(24)13-11-17/h4-5,8-13,16,22,31H,2-3,6-7,14-15H2,1H3/t16-,22+/m0/s1. The molecule has 2 atom stereocenters. The molecule has 0 aliphatic carbocycles. The number of anilines is 1. The number of nitrogens with zero attached hydrogens (tertiary/aromatic N) is 4. The zero-order valence-corrected chi connectivity index (χ0v) is 18.9. The number of para-hydroxylation sites is 1. The molecule has 1 fully saturated rings. The van der Waals surface area contributed by atoms with Gasteiger partial charge in [-0.2, -0.15) is 10.1 Å². The maximum absolute atomic E-state index is 13.3. The normalized spacial score (nSPS) is 22.2. The summed E-state index contributed by atoms with van der Waals surface area (Å²) in [4.78, 5) is 13.3. The summed E-state index contributed by atoms with van der Waals surface area (Å²) in [6.45, 7) is 3.25. The van der Waals surface area contributed by atoms with Gasteiger partial charge in [-0.1, -0.05) is 67.2 Å². The zero-order valence-electron chi connectivity index (χ0n) is 17.4. The summed E-state index contributed by atoms with van der Waals surface area (Å²) in [5.41, 5.74) is 1.97. The highest BCUT2D eigenvalue weighted by Crippen LogP contribution is 2.42. The second-order valence-corrected chi connectivity index (χ2v) is 8.87. The van der Waals surface area contributed by atoms with E-state index in [0.717, 1.165) is 36.4 Å². The third-order valence-electron chi connectivity index (χ3n) is 5.95. The van der Waals surface area contributed by atoms with Gasteiger partial charge >= 0.3 is 5.91 Å². The molecule has 1 saturated heterocycles. The molecule has 0 unspecified atom stereocenters. The van der Waals surface area contributed by atoms with Crippen LogP contribution < -0.4 is 5.01 Å². The van der Waals surface area contributed by atoms with Gasteiger partial charge in [0.25, 0.3) is 0 Å². The lowest BCUT2D eigenvalue weighted by atomic mass is 9.91. The second kappa shape index (κ2) is 9.57. The number of carbonyl (C=O) groups is 1. The van der Waals surface area contributed by atoms with E-state index in [-0.39, 0.29) is 12.0 Å². The number of hydrogen-bond donors (Lipinski definition) is 1. The van der Waals surface area contributed by atoms with E-state index >= 15 is 0 Å². The average Bonchev–Trinajstić information content (AvgIpc) is 2.94. The maximum atomic E-state index is 13.3. The van der Waals surface area contributed by atoms with Gasteiger partial charge in [0.15, 0.2) is 0 Å². The Morgan fingerprint density at radius 3 is 2.32 bits per heavy atom. The summed E-state index contributed by atoms with van der Waals surface area (Å²) >= 11 is 12.6. The fourth-order valence-electron chi connectivity index (χ4n) is 4.27. The molecule has 164 valence electrons. The van der Waals surface area contributed by atoms with E-state index in [1.807, 2.05) is 49.4 Å². The first-order chi connectivity index (χ1) is 15.0. The minimum absolute atomic E-state index is 0.256. The van der Waals surface area contributed by atoms with E-state index < -0.39 is 5.91 Å². The lowest BCUT2D eigenvalue weighted by molar-refractivity contribution is -0.231. The van der Waals surface area contributed by atoms with Crippen LogP contribution in [0.25, 0.3) is 0 Å². The number of amides is 1. The topological polar surface area (TPSA) is 59.4 Å². The summed E-state index contributed by atoms with van der Waals surface area (Å²) in [6, 6.07) is 14.7. The van der Waals surface area contributed by atoms with E-state index in [2.05, 4.69) is 5.10 Å². The second-order valence-electron chi connectivity index (χ2n) is 8.03. The number of hydrazine groups is 1. The number of halogens is 2. The van der Waals surface area contributed by atoms with Crippen LogP contribution in [0.15, 0.2) is 53.6 Å². The first-order valence-electron chi connectivity index (χ1n) is 10.6. The maximum Gasteiger partial charge on any atom is 0.309 e. The van der Waals surface area contributed by atoms with Gasteiger partial charge in [0.2, 0.25) is 0 Å². The Hall–Kier alpha value is -2.12.